The number of nitrogens with one attached hydrogen (secondary N) is 6. The van der Waals surface area contributed by atoms with Gasteiger partial charge in [-0.3, -0.25) is 9.59 Å². The van der Waals surface area contributed by atoms with E-state index in [0.717, 1.165) is 20.3 Å². The highest BCUT2D eigenvalue weighted by atomic mass is 79.9. The van der Waals surface area contributed by atoms with Gasteiger partial charge in [-0.1, -0.05) is 0 Å². The molecule has 1 aliphatic rings. The van der Waals surface area contributed by atoms with Gasteiger partial charge in [0.25, 0.3) is 11.8 Å². The Bertz CT molecular complexity index is 1280. The molecular weight excluding hydrogens is 596 g/mol. The number of aromatic nitrogens is 6. The van der Waals surface area contributed by atoms with Crippen LogP contribution in [0.3, 0.4) is 0 Å². The van der Waals surface area contributed by atoms with Gasteiger partial charge >= 0.3 is 0 Å². The van der Waals surface area contributed by atoms with Gasteiger partial charge in [-0.05, 0) is 55.8 Å². The van der Waals surface area contributed by atoms with Crippen molar-refractivity contribution in [2.75, 3.05) is 24.6 Å². The first-order valence-electron chi connectivity index (χ1n) is 11.1. The largest absolute Gasteiger partial charge is 0.369 e. The van der Waals surface area contributed by atoms with E-state index in [9.17, 15) is 9.59 Å². The zero-order chi connectivity index (χ0) is 25.4. The van der Waals surface area contributed by atoms with E-state index in [1.165, 1.54) is 0 Å². The quantitative estimate of drug-likeness (QED) is 0.149. The van der Waals surface area contributed by atoms with E-state index in [-0.39, 0.29) is 35.5 Å². The molecule has 0 radical (unpaired) electrons. The van der Waals surface area contributed by atoms with Gasteiger partial charge in [0.05, 0.1) is 12.4 Å². The summed E-state index contributed by atoms with van der Waals surface area (Å²) in [6.45, 7) is 0.738. The summed E-state index contributed by atoms with van der Waals surface area (Å²) in [6, 6.07) is 3.43. The number of rotatable bonds is 8. The molecule has 36 heavy (non-hydrogen) atoms. The Balaban J connectivity index is 1.40. The van der Waals surface area contributed by atoms with Gasteiger partial charge in [0, 0.05) is 57.7 Å². The van der Waals surface area contributed by atoms with Crippen LogP contribution in [0.5, 0.6) is 0 Å². The molecular formula is C22H24Br2N10O2. The van der Waals surface area contributed by atoms with E-state index in [2.05, 4.69) is 72.4 Å². The molecule has 0 aromatic carbocycles. The Labute approximate surface area is 222 Å². The summed E-state index contributed by atoms with van der Waals surface area (Å²) in [5, 5.41) is 6.04. The molecule has 1 aliphatic carbocycles. The predicted molar refractivity (Wildman–Crippen MR) is 140 cm³/mol. The lowest BCUT2D eigenvalue weighted by molar-refractivity contribution is 0.0674. The summed E-state index contributed by atoms with van der Waals surface area (Å²) in [7, 11) is 0. The average molecular weight is 620 g/mol. The Morgan fingerprint density at radius 2 is 1.22 bits per heavy atom. The third kappa shape index (κ3) is 4.78. The monoisotopic (exact) mass is 618 g/mol. The average Bonchev–Trinajstić information content (AvgIpc) is 3.63. The molecule has 188 valence electrons. The van der Waals surface area contributed by atoms with Gasteiger partial charge in [-0.25, -0.2) is 9.97 Å². The smallest absolute Gasteiger partial charge is 0.267 e. The molecule has 4 aromatic rings. The van der Waals surface area contributed by atoms with Crippen molar-refractivity contribution >= 4 is 55.6 Å². The van der Waals surface area contributed by atoms with Crippen LogP contribution < -0.4 is 22.1 Å². The van der Waals surface area contributed by atoms with Crippen molar-refractivity contribution in [2.24, 2.45) is 11.8 Å². The summed E-state index contributed by atoms with van der Waals surface area (Å²) in [6.07, 6.45) is 6.80. The molecule has 0 spiro atoms. The molecule has 4 aromatic heterocycles. The van der Waals surface area contributed by atoms with E-state index in [0.29, 0.717) is 36.4 Å². The number of amides is 2. The summed E-state index contributed by atoms with van der Waals surface area (Å²) in [5.41, 5.74) is 14.3. The zero-order valence-electron chi connectivity index (χ0n) is 18.8. The molecule has 10 N–H and O–H groups in total. The van der Waals surface area contributed by atoms with Gasteiger partial charge in [0.1, 0.15) is 11.4 Å². The summed E-state index contributed by atoms with van der Waals surface area (Å²) < 4.78 is 1.58. The van der Waals surface area contributed by atoms with E-state index in [1.54, 1.807) is 36.9 Å². The van der Waals surface area contributed by atoms with Crippen LogP contribution in [-0.4, -0.2) is 54.8 Å². The zero-order valence-corrected chi connectivity index (χ0v) is 22.0. The number of carbonyl (C=O) groups is 2. The Morgan fingerprint density at radius 3 is 1.53 bits per heavy atom. The highest BCUT2D eigenvalue weighted by molar-refractivity contribution is 9.10. The number of halogens is 2. The summed E-state index contributed by atoms with van der Waals surface area (Å²) >= 11 is 6.70. The van der Waals surface area contributed by atoms with Crippen molar-refractivity contribution in [3.63, 3.8) is 0 Å². The minimum absolute atomic E-state index is 0.0441. The second-order valence-electron chi connectivity index (χ2n) is 8.71. The van der Waals surface area contributed by atoms with Gasteiger partial charge in [-0.15, -0.1) is 0 Å². The number of carbonyl (C=O) groups excluding carboxylic acids is 2. The van der Waals surface area contributed by atoms with Gasteiger partial charge in [0.2, 0.25) is 0 Å². The van der Waals surface area contributed by atoms with Crippen molar-refractivity contribution in [1.82, 2.24) is 40.5 Å². The summed E-state index contributed by atoms with van der Waals surface area (Å²) in [5.74, 6) is -0.0795. The summed E-state index contributed by atoms with van der Waals surface area (Å²) in [4.78, 5) is 46.0. The molecule has 1 saturated carbocycles. The minimum Gasteiger partial charge on any atom is -0.369 e. The van der Waals surface area contributed by atoms with E-state index >= 15 is 0 Å². The molecule has 1 fully saturated rings. The van der Waals surface area contributed by atoms with E-state index in [1.807, 2.05) is 0 Å². The molecule has 0 aliphatic heterocycles. The highest BCUT2D eigenvalue weighted by Crippen LogP contribution is 2.56. The van der Waals surface area contributed by atoms with Crippen LogP contribution in [0.15, 0.2) is 45.9 Å². The van der Waals surface area contributed by atoms with Crippen molar-refractivity contribution in [3.05, 3.63) is 68.6 Å². The molecule has 14 heteroatoms. The maximum Gasteiger partial charge on any atom is 0.267 e. The number of hydrogen-bond donors (Lipinski definition) is 8. The minimum atomic E-state index is -0.225. The fourth-order valence-electron chi connectivity index (χ4n) is 4.98. The van der Waals surface area contributed by atoms with Crippen molar-refractivity contribution in [1.29, 1.82) is 0 Å². The molecule has 4 atom stereocenters. The normalized spacial score (nSPS) is 21.2. The Kier molecular flexibility index (Phi) is 6.62. The predicted octanol–water partition coefficient (Wildman–Crippen LogP) is 2.45. The fourth-order valence-corrected chi connectivity index (χ4v) is 5.66. The number of nitrogens with two attached hydrogens (primary N) is 2. The SMILES string of the molecule is Nc1ncc([C@H]2[C@H](CNC(=O)c3cc(Br)c[nH]3)[C@@H](CNC(=O)c3cc(Br)c[nH]3)[C@@H]2c2cnc(N)[nH]2)[nH]1. The third-order valence-corrected chi connectivity index (χ3v) is 7.51. The van der Waals surface area contributed by atoms with Crippen LogP contribution in [0.2, 0.25) is 0 Å². The number of nitrogens with zero attached hydrogens (tertiary/aromatic N) is 2. The molecule has 0 bridgehead atoms. The van der Waals surface area contributed by atoms with E-state index < -0.39 is 0 Å². The van der Waals surface area contributed by atoms with Crippen LogP contribution in [0, 0.1) is 11.8 Å². The first-order valence-corrected chi connectivity index (χ1v) is 12.7. The van der Waals surface area contributed by atoms with Crippen LogP contribution in [0.1, 0.15) is 44.2 Å². The van der Waals surface area contributed by atoms with Crippen LogP contribution in [0.25, 0.3) is 0 Å². The number of nitrogen functional groups attached to an aromatic ring is 2. The van der Waals surface area contributed by atoms with Crippen molar-refractivity contribution in [2.45, 2.75) is 11.8 Å². The topological polar surface area (TPSA) is 199 Å². The lowest BCUT2D eigenvalue weighted by atomic mass is 9.54. The molecule has 0 saturated heterocycles. The first-order chi connectivity index (χ1) is 17.3. The Morgan fingerprint density at radius 1 is 0.806 bits per heavy atom. The molecule has 12 nitrogen and oxygen atoms in total. The maximum atomic E-state index is 12.8. The Hall–Kier alpha value is -3.52. The van der Waals surface area contributed by atoms with Crippen LogP contribution in [0.4, 0.5) is 11.9 Å². The number of aromatic amines is 4. The lowest BCUT2D eigenvalue weighted by Gasteiger charge is -2.51. The number of H-pyrrole nitrogens is 4. The van der Waals surface area contributed by atoms with Crippen LogP contribution >= 0.6 is 31.9 Å². The number of hydrogen-bond acceptors (Lipinski definition) is 6. The second-order valence-corrected chi connectivity index (χ2v) is 10.5. The standard InChI is InChI=1S/C22H24Br2N10O2/c23-9-1-13(27-3-9)19(35)29-5-11-12(6-30-20(36)14-2-10(24)4-28-14)18(16-8-32-22(26)34-16)17(11)15-7-31-21(25)33-15/h1-4,7-8,11-12,17-18,27-28H,5-6H2,(H,29,35)(H,30,36)(H3,25,31,33)(H3,26,32,34)/t11-,12-,17-,18-/m1/s1. The van der Waals surface area contributed by atoms with Crippen molar-refractivity contribution in [3.8, 4) is 0 Å². The number of imidazole rings is 2. The first kappa shape index (κ1) is 24.2. The molecule has 5 rings (SSSR count). The number of anilines is 2. The molecule has 4 heterocycles. The van der Waals surface area contributed by atoms with Gasteiger partial charge < -0.3 is 42.0 Å². The van der Waals surface area contributed by atoms with Crippen LogP contribution in [-0.2, 0) is 0 Å². The molecule has 2 amide bonds. The fraction of sp³-hybridized carbons (Fsp3) is 0.273. The van der Waals surface area contributed by atoms with Gasteiger partial charge in [0.15, 0.2) is 11.9 Å². The third-order valence-electron chi connectivity index (χ3n) is 6.59. The second kappa shape index (κ2) is 9.85. The van der Waals surface area contributed by atoms with E-state index in [4.69, 9.17) is 11.5 Å². The maximum absolute atomic E-state index is 12.8. The lowest BCUT2D eigenvalue weighted by Crippen LogP contribution is -2.53. The highest BCUT2D eigenvalue weighted by Gasteiger charge is 2.53. The van der Waals surface area contributed by atoms with Crippen molar-refractivity contribution < 1.29 is 9.59 Å². The van der Waals surface area contributed by atoms with Gasteiger partial charge in [-0.2, -0.15) is 0 Å². The molecule has 0 unspecified atom stereocenters.